The first-order chi connectivity index (χ1) is 6.74. The fraction of sp³-hybridized carbons (Fsp3) is 1.00. The van der Waals surface area contributed by atoms with Crippen LogP contribution in [0.5, 0.6) is 0 Å². The summed E-state index contributed by atoms with van der Waals surface area (Å²) in [5, 5.41) is 3.15. The number of ether oxygens (including phenoxy) is 1. The van der Waals surface area contributed by atoms with E-state index in [1.807, 2.05) is 7.05 Å². The highest BCUT2D eigenvalue weighted by atomic mass is 19.3. The molecule has 1 atom stereocenters. The van der Waals surface area contributed by atoms with Crippen molar-refractivity contribution in [1.29, 1.82) is 0 Å². The monoisotopic (exact) mass is 207 g/mol. The van der Waals surface area contributed by atoms with Gasteiger partial charge in [0.25, 0.3) is 6.43 Å². The Balaban J connectivity index is 2.17. The minimum atomic E-state index is -2.35. The Morgan fingerprint density at radius 1 is 1.29 bits per heavy atom. The van der Waals surface area contributed by atoms with Crippen molar-refractivity contribution in [2.24, 2.45) is 5.92 Å². The van der Waals surface area contributed by atoms with Gasteiger partial charge in [0.15, 0.2) is 0 Å². The Morgan fingerprint density at radius 2 is 1.93 bits per heavy atom. The SMILES string of the molecule is CNC(COCC(F)F)C1CCCC1. The van der Waals surface area contributed by atoms with Crippen molar-refractivity contribution in [3.63, 3.8) is 0 Å². The molecule has 1 aliphatic carbocycles. The minimum absolute atomic E-state index is 0.247. The van der Waals surface area contributed by atoms with E-state index in [-0.39, 0.29) is 6.04 Å². The van der Waals surface area contributed by atoms with Gasteiger partial charge in [0, 0.05) is 6.04 Å². The molecule has 4 heteroatoms. The summed E-state index contributed by atoms with van der Waals surface area (Å²) < 4.78 is 28.6. The first-order valence-corrected chi connectivity index (χ1v) is 5.27. The van der Waals surface area contributed by atoms with Gasteiger partial charge in [-0.3, -0.25) is 0 Å². The maximum atomic E-state index is 11.8. The Labute approximate surface area is 84.0 Å². The van der Waals surface area contributed by atoms with E-state index in [0.717, 1.165) is 0 Å². The van der Waals surface area contributed by atoms with Crippen molar-refractivity contribution >= 4 is 0 Å². The number of nitrogens with one attached hydrogen (secondary N) is 1. The van der Waals surface area contributed by atoms with Crippen molar-refractivity contribution in [1.82, 2.24) is 5.32 Å². The second kappa shape index (κ2) is 6.30. The van der Waals surface area contributed by atoms with E-state index in [2.05, 4.69) is 5.32 Å². The van der Waals surface area contributed by atoms with E-state index in [1.54, 1.807) is 0 Å². The Hall–Kier alpha value is -0.220. The molecule has 0 aromatic rings. The number of likely N-dealkylation sites (N-methyl/N-ethyl adjacent to an activating group) is 1. The summed E-state index contributed by atoms with van der Waals surface area (Å²) >= 11 is 0. The molecule has 1 rings (SSSR count). The van der Waals surface area contributed by atoms with Gasteiger partial charge in [0.1, 0.15) is 6.61 Å². The molecule has 0 radical (unpaired) electrons. The lowest BCUT2D eigenvalue weighted by atomic mass is 9.99. The normalized spacial score (nSPS) is 20.6. The maximum absolute atomic E-state index is 11.8. The summed E-state index contributed by atoms with van der Waals surface area (Å²) in [6.45, 7) is -0.0313. The smallest absolute Gasteiger partial charge is 0.261 e. The molecule has 1 fully saturated rings. The molecule has 0 aromatic heterocycles. The molecule has 0 heterocycles. The largest absolute Gasteiger partial charge is 0.374 e. The number of halogens is 2. The van der Waals surface area contributed by atoms with Crippen LogP contribution in [0.4, 0.5) is 8.78 Å². The summed E-state index contributed by atoms with van der Waals surface area (Å²) in [5.41, 5.74) is 0. The van der Waals surface area contributed by atoms with Gasteiger partial charge in [-0.05, 0) is 25.8 Å². The lowest BCUT2D eigenvalue weighted by Gasteiger charge is -2.22. The highest BCUT2D eigenvalue weighted by Crippen LogP contribution is 2.27. The fourth-order valence-corrected chi connectivity index (χ4v) is 2.10. The lowest BCUT2D eigenvalue weighted by molar-refractivity contribution is 0.00446. The van der Waals surface area contributed by atoms with Crippen LogP contribution in [0.25, 0.3) is 0 Å². The third kappa shape index (κ3) is 3.88. The molecule has 0 saturated heterocycles. The summed E-state index contributed by atoms with van der Waals surface area (Å²) in [5.74, 6) is 0.609. The summed E-state index contributed by atoms with van der Waals surface area (Å²) in [6, 6.07) is 0.247. The lowest BCUT2D eigenvalue weighted by Crippen LogP contribution is -2.37. The molecule has 1 saturated carbocycles. The zero-order valence-electron chi connectivity index (χ0n) is 8.64. The second-order valence-corrected chi connectivity index (χ2v) is 3.87. The standard InChI is InChI=1S/C10H19F2NO/c1-13-9(6-14-7-10(11)12)8-4-2-3-5-8/h8-10,13H,2-7H2,1H3. The van der Waals surface area contributed by atoms with E-state index in [9.17, 15) is 8.78 Å². The molecular weight excluding hydrogens is 188 g/mol. The van der Waals surface area contributed by atoms with Crippen LogP contribution in [0.3, 0.4) is 0 Å². The minimum Gasteiger partial charge on any atom is -0.374 e. The molecular formula is C10H19F2NO. The van der Waals surface area contributed by atoms with Crippen LogP contribution in [0.2, 0.25) is 0 Å². The van der Waals surface area contributed by atoms with Crippen LogP contribution < -0.4 is 5.32 Å². The first kappa shape index (κ1) is 11.9. The van der Waals surface area contributed by atoms with Crippen LogP contribution in [0.15, 0.2) is 0 Å². The highest BCUT2D eigenvalue weighted by Gasteiger charge is 2.23. The third-order valence-electron chi connectivity index (χ3n) is 2.88. The summed E-state index contributed by atoms with van der Waals surface area (Å²) in [4.78, 5) is 0. The van der Waals surface area contributed by atoms with Gasteiger partial charge in [0.2, 0.25) is 0 Å². The average molecular weight is 207 g/mol. The highest BCUT2D eigenvalue weighted by molar-refractivity contribution is 4.79. The molecule has 0 spiro atoms. The first-order valence-electron chi connectivity index (χ1n) is 5.27. The molecule has 1 aliphatic rings. The Kier molecular flexibility index (Phi) is 5.33. The van der Waals surface area contributed by atoms with Crippen LogP contribution in [-0.4, -0.2) is 32.7 Å². The van der Waals surface area contributed by atoms with Crippen molar-refractivity contribution < 1.29 is 13.5 Å². The molecule has 2 nitrogen and oxygen atoms in total. The zero-order chi connectivity index (χ0) is 10.4. The number of rotatable bonds is 6. The molecule has 0 amide bonds. The second-order valence-electron chi connectivity index (χ2n) is 3.87. The van der Waals surface area contributed by atoms with Gasteiger partial charge < -0.3 is 10.1 Å². The van der Waals surface area contributed by atoms with Gasteiger partial charge in [-0.25, -0.2) is 8.78 Å². The van der Waals surface area contributed by atoms with E-state index in [0.29, 0.717) is 12.5 Å². The predicted molar refractivity (Wildman–Crippen MR) is 51.6 cm³/mol. The van der Waals surface area contributed by atoms with Crippen molar-refractivity contribution in [3.05, 3.63) is 0 Å². The van der Waals surface area contributed by atoms with E-state index in [1.165, 1.54) is 25.7 Å². The average Bonchev–Trinajstić information content (AvgIpc) is 2.64. The Morgan fingerprint density at radius 3 is 2.43 bits per heavy atom. The van der Waals surface area contributed by atoms with E-state index < -0.39 is 13.0 Å². The molecule has 14 heavy (non-hydrogen) atoms. The molecule has 1 unspecified atom stereocenters. The van der Waals surface area contributed by atoms with Crippen LogP contribution in [-0.2, 0) is 4.74 Å². The van der Waals surface area contributed by atoms with Gasteiger partial charge >= 0.3 is 0 Å². The fourth-order valence-electron chi connectivity index (χ4n) is 2.10. The number of hydrogen-bond donors (Lipinski definition) is 1. The zero-order valence-corrected chi connectivity index (χ0v) is 8.64. The van der Waals surface area contributed by atoms with Gasteiger partial charge in [-0.15, -0.1) is 0 Å². The molecule has 1 N–H and O–H groups in total. The van der Waals surface area contributed by atoms with Crippen molar-refractivity contribution in [2.75, 3.05) is 20.3 Å². The summed E-state index contributed by atoms with van der Waals surface area (Å²) in [7, 11) is 1.87. The van der Waals surface area contributed by atoms with Crippen molar-refractivity contribution in [3.8, 4) is 0 Å². The van der Waals surface area contributed by atoms with Gasteiger partial charge in [-0.2, -0.15) is 0 Å². The van der Waals surface area contributed by atoms with Crippen LogP contribution >= 0.6 is 0 Å². The van der Waals surface area contributed by atoms with Crippen molar-refractivity contribution in [2.45, 2.75) is 38.2 Å². The van der Waals surface area contributed by atoms with E-state index in [4.69, 9.17) is 4.74 Å². The summed E-state index contributed by atoms with van der Waals surface area (Å²) in [6.07, 6.45) is 2.57. The number of hydrogen-bond acceptors (Lipinski definition) is 2. The molecule has 0 bridgehead atoms. The quantitative estimate of drug-likeness (QED) is 0.719. The number of alkyl halides is 2. The molecule has 0 aromatic carbocycles. The third-order valence-corrected chi connectivity index (χ3v) is 2.88. The van der Waals surface area contributed by atoms with Gasteiger partial charge in [-0.1, -0.05) is 12.8 Å². The molecule has 0 aliphatic heterocycles. The van der Waals surface area contributed by atoms with Gasteiger partial charge in [0.05, 0.1) is 6.61 Å². The van der Waals surface area contributed by atoms with Crippen LogP contribution in [0.1, 0.15) is 25.7 Å². The maximum Gasteiger partial charge on any atom is 0.261 e. The predicted octanol–water partition coefficient (Wildman–Crippen LogP) is 2.05. The van der Waals surface area contributed by atoms with Crippen LogP contribution in [0, 0.1) is 5.92 Å². The van der Waals surface area contributed by atoms with E-state index >= 15 is 0 Å². The Bertz CT molecular complexity index is 149. The topological polar surface area (TPSA) is 21.3 Å². The molecule has 84 valence electrons.